The summed E-state index contributed by atoms with van der Waals surface area (Å²) in [6, 6.07) is 18.1. The first-order chi connectivity index (χ1) is 16.4. The molecule has 34 heavy (non-hydrogen) atoms. The van der Waals surface area contributed by atoms with Crippen LogP contribution in [0.15, 0.2) is 54.1 Å². The highest BCUT2D eigenvalue weighted by Gasteiger charge is 2.29. The van der Waals surface area contributed by atoms with Gasteiger partial charge in [-0.15, -0.1) is 0 Å². The van der Waals surface area contributed by atoms with Crippen LogP contribution < -0.4 is 4.90 Å². The van der Waals surface area contributed by atoms with Gasteiger partial charge in [0.1, 0.15) is 0 Å². The monoisotopic (exact) mass is 457 g/mol. The molecule has 2 aromatic carbocycles. The molecular weight excluding hydrogens is 422 g/mol. The number of esters is 1. The molecule has 0 N–H and O–H groups in total. The number of carbonyl (C=O) groups excluding carboxylic acids is 1. The van der Waals surface area contributed by atoms with Crippen LogP contribution in [0.2, 0.25) is 0 Å². The smallest absolute Gasteiger partial charge is 0.338 e. The summed E-state index contributed by atoms with van der Waals surface area (Å²) < 4.78 is 5.09. The second-order valence-electron chi connectivity index (χ2n) is 10.1. The highest BCUT2D eigenvalue weighted by atomic mass is 16.5. The van der Waals surface area contributed by atoms with Gasteiger partial charge in [-0.25, -0.2) is 4.79 Å². The molecule has 0 atom stereocenters. The van der Waals surface area contributed by atoms with E-state index in [-0.39, 0.29) is 5.97 Å². The highest BCUT2D eigenvalue weighted by molar-refractivity contribution is 5.89. The molecule has 4 rings (SSSR count). The Morgan fingerprint density at radius 2 is 1.71 bits per heavy atom. The minimum Gasteiger partial charge on any atom is -0.462 e. The molecule has 5 nitrogen and oxygen atoms in total. The van der Waals surface area contributed by atoms with Crippen molar-refractivity contribution in [1.29, 1.82) is 5.26 Å². The summed E-state index contributed by atoms with van der Waals surface area (Å²) in [7, 11) is 0. The van der Waals surface area contributed by atoms with Crippen molar-refractivity contribution in [2.24, 2.45) is 5.41 Å². The molecule has 0 saturated carbocycles. The number of carbonyl (C=O) groups is 1. The summed E-state index contributed by atoms with van der Waals surface area (Å²) in [5.74, 6) is -0.263. The van der Waals surface area contributed by atoms with E-state index in [0.717, 1.165) is 51.3 Å². The Morgan fingerprint density at radius 3 is 2.32 bits per heavy atom. The predicted molar refractivity (Wildman–Crippen MR) is 137 cm³/mol. The van der Waals surface area contributed by atoms with Crippen LogP contribution in [0.25, 0.3) is 5.57 Å². The second kappa shape index (κ2) is 10.4. The molecule has 2 aromatic rings. The molecule has 2 aliphatic rings. The van der Waals surface area contributed by atoms with Gasteiger partial charge in [-0.05, 0) is 79.1 Å². The van der Waals surface area contributed by atoms with E-state index in [4.69, 9.17) is 10.00 Å². The standard InChI is InChI=1S/C29H35N3O2/c1-4-34-28(33)24-9-11-26(12-10-24)32-17-15-31(16-18-32)21-25-19-29(2,3)14-13-27(25)23-7-5-22(20-30)6-8-23/h5-12H,4,13-19,21H2,1-3H3. The van der Waals surface area contributed by atoms with Crippen molar-refractivity contribution < 1.29 is 9.53 Å². The van der Waals surface area contributed by atoms with E-state index < -0.39 is 0 Å². The first kappa shape index (κ1) is 24.0. The van der Waals surface area contributed by atoms with Crippen LogP contribution in [0, 0.1) is 16.7 Å². The van der Waals surface area contributed by atoms with E-state index in [9.17, 15) is 4.79 Å². The molecule has 1 saturated heterocycles. The van der Waals surface area contributed by atoms with Crippen molar-refractivity contribution >= 4 is 17.2 Å². The van der Waals surface area contributed by atoms with Crippen molar-refractivity contribution in [3.8, 4) is 6.07 Å². The van der Waals surface area contributed by atoms with Crippen molar-refractivity contribution in [3.05, 3.63) is 70.8 Å². The molecule has 1 fully saturated rings. The lowest BCUT2D eigenvalue weighted by molar-refractivity contribution is 0.0526. The Bertz CT molecular complexity index is 1070. The lowest BCUT2D eigenvalue weighted by atomic mass is 9.72. The fraction of sp³-hybridized carbons (Fsp3) is 0.448. The number of nitriles is 1. The molecule has 0 radical (unpaired) electrons. The van der Waals surface area contributed by atoms with Crippen LogP contribution in [-0.2, 0) is 4.74 Å². The Morgan fingerprint density at radius 1 is 1.03 bits per heavy atom. The normalized spacial score (nSPS) is 18.5. The molecule has 1 aliphatic heterocycles. The van der Waals surface area contributed by atoms with Gasteiger partial charge >= 0.3 is 5.97 Å². The quantitative estimate of drug-likeness (QED) is 0.535. The fourth-order valence-electron chi connectivity index (χ4n) is 5.12. The first-order valence-corrected chi connectivity index (χ1v) is 12.3. The van der Waals surface area contributed by atoms with Gasteiger partial charge in [0.2, 0.25) is 0 Å². The third kappa shape index (κ3) is 5.69. The topological polar surface area (TPSA) is 56.6 Å². The fourth-order valence-corrected chi connectivity index (χ4v) is 5.12. The van der Waals surface area contributed by atoms with Gasteiger partial charge in [0.05, 0.1) is 23.8 Å². The van der Waals surface area contributed by atoms with Crippen LogP contribution >= 0.6 is 0 Å². The number of anilines is 1. The molecule has 0 bridgehead atoms. The maximum atomic E-state index is 11.9. The van der Waals surface area contributed by atoms with Crippen LogP contribution in [0.4, 0.5) is 5.69 Å². The van der Waals surface area contributed by atoms with E-state index in [1.165, 1.54) is 17.6 Å². The SMILES string of the molecule is CCOC(=O)c1ccc(N2CCN(CC3=C(c4ccc(C#N)cc4)CCC(C)(C)C3)CC2)cc1. The Labute approximate surface area is 203 Å². The summed E-state index contributed by atoms with van der Waals surface area (Å²) in [6.45, 7) is 12.0. The maximum absolute atomic E-state index is 11.9. The largest absolute Gasteiger partial charge is 0.462 e. The third-order valence-electron chi connectivity index (χ3n) is 7.06. The molecule has 0 aromatic heterocycles. The minimum atomic E-state index is -0.263. The molecule has 0 unspecified atom stereocenters. The van der Waals surface area contributed by atoms with Crippen molar-refractivity contribution in [2.45, 2.75) is 40.0 Å². The zero-order valence-electron chi connectivity index (χ0n) is 20.6. The number of allylic oxidation sites excluding steroid dienone is 1. The predicted octanol–water partition coefficient (Wildman–Crippen LogP) is 5.52. The summed E-state index contributed by atoms with van der Waals surface area (Å²) in [4.78, 5) is 16.9. The molecule has 1 aliphatic carbocycles. The van der Waals surface area contributed by atoms with Gasteiger partial charge in [0.25, 0.3) is 0 Å². The lowest BCUT2D eigenvalue weighted by Gasteiger charge is -2.39. The average molecular weight is 458 g/mol. The Balaban J connectivity index is 1.42. The minimum absolute atomic E-state index is 0.263. The molecular formula is C29H35N3O2. The van der Waals surface area contributed by atoms with Gasteiger partial charge in [-0.1, -0.05) is 31.6 Å². The Hall–Kier alpha value is -3.10. The van der Waals surface area contributed by atoms with Gasteiger partial charge in [0.15, 0.2) is 0 Å². The van der Waals surface area contributed by atoms with Gasteiger partial charge in [-0.3, -0.25) is 4.90 Å². The number of piperazine rings is 1. The molecule has 1 heterocycles. The second-order valence-corrected chi connectivity index (χ2v) is 10.1. The van der Waals surface area contributed by atoms with Crippen molar-refractivity contribution in [1.82, 2.24) is 4.90 Å². The molecule has 178 valence electrons. The van der Waals surface area contributed by atoms with E-state index >= 15 is 0 Å². The summed E-state index contributed by atoms with van der Waals surface area (Å²) in [5, 5.41) is 9.15. The van der Waals surface area contributed by atoms with Crippen LogP contribution in [0.1, 0.15) is 61.5 Å². The summed E-state index contributed by atoms with van der Waals surface area (Å²) in [6.07, 6.45) is 3.42. The van der Waals surface area contributed by atoms with Gasteiger partial charge in [0, 0.05) is 38.4 Å². The zero-order chi connectivity index (χ0) is 24.1. The highest BCUT2D eigenvalue weighted by Crippen LogP contribution is 2.42. The van der Waals surface area contributed by atoms with E-state index in [2.05, 4.69) is 41.8 Å². The van der Waals surface area contributed by atoms with E-state index in [0.29, 0.717) is 23.1 Å². The van der Waals surface area contributed by atoms with E-state index in [1.807, 2.05) is 43.3 Å². The van der Waals surface area contributed by atoms with E-state index in [1.54, 1.807) is 5.57 Å². The number of hydrogen-bond acceptors (Lipinski definition) is 5. The number of ether oxygens (including phenoxy) is 1. The lowest BCUT2D eigenvalue weighted by Crippen LogP contribution is -2.47. The number of nitrogens with zero attached hydrogens (tertiary/aromatic N) is 3. The zero-order valence-corrected chi connectivity index (χ0v) is 20.6. The number of rotatable bonds is 6. The van der Waals surface area contributed by atoms with Crippen LogP contribution in [0.5, 0.6) is 0 Å². The van der Waals surface area contributed by atoms with Gasteiger partial charge < -0.3 is 9.64 Å². The van der Waals surface area contributed by atoms with Crippen LogP contribution in [0.3, 0.4) is 0 Å². The average Bonchev–Trinajstić information content (AvgIpc) is 2.85. The molecule has 0 amide bonds. The first-order valence-electron chi connectivity index (χ1n) is 12.3. The third-order valence-corrected chi connectivity index (χ3v) is 7.06. The summed E-state index contributed by atoms with van der Waals surface area (Å²) >= 11 is 0. The molecule has 0 spiro atoms. The van der Waals surface area contributed by atoms with Crippen LogP contribution in [-0.4, -0.2) is 50.2 Å². The number of benzene rings is 2. The van der Waals surface area contributed by atoms with Crippen molar-refractivity contribution in [3.63, 3.8) is 0 Å². The summed E-state index contributed by atoms with van der Waals surface area (Å²) in [5.41, 5.74) is 7.09. The maximum Gasteiger partial charge on any atom is 0.338 e. The number of hydrogen-bond donors (Lipinski definition) is 0. The Kier molecular flexibility index (Phi) is 7.38. The van der Waals surface area contributed by atoms with Gasteiger partial charge in [-0.2, -0.15) is 5.26 Å². The van der Waals surface area contributed by atoms with Crippen molar-refractivity contribution in [2.75, 3.05) is 44.2 Å². The molecule has 5 heteroatoms.